The van der Waals surface area contributed by atoms with Gasteiger partial charge in [-0.3, -0.25) is 5.92 Å². The van der Waals surface area contributed by atoms with Gasteiger partial charge in [0.05, 0.1) is 0 Å². The quantitative estimate of drug-likeness (QED) is 0.336. The molecule has 1 nitrogen and oxygen atoms in total. The van der Waals surface area contributed by atoms with Gasteiger partial charge in [-0.2, -0.15) is 0 Å². The van der Waals surface area contributed by atoms with Crippen LogP contribution in [0, 0.1) is 12.3 Å². The van der Waals surface area contributed by atoms with Gasteiger partial charge in [0.25, 0.3) is 0 Å². The molecule has 0 aromatic rings. The molecule has 0 saturated heterocycles. The molecule has 0 aliphatic rings. The molecule has 1 radical (unpaired) electrons. The van der Waals surface area contributed by atoms with Crippen molar-refractivity contribution in [2.75, 3.05) is 0 Å². The maximum Gasteiger partial charge on any atom is 0.0395 e. The Morgan fingerprint density at radius 1 is 1.80 bits per heavy atom. The van der Waals surface area contributed by atoms with Crippen LogP contribution < -0.4 is 0 Å². The van der Waals surface area contributed by atoms with Gasteiger partial charge in [0, 0.05) is 39.0 Å². The van der Waals surface area contributed by atoms with Crippen molar-refractivity contribution in [2.24, 2.45) is 0 Å². The first-order valence-corrected chi connectivity index (χ1v) is 0.743. The zero-order chi connectivity index (χ0) is 3.41. The molecule has 0 spiro atoms. The summed E-state index contributed by atoms with van der Waals surface area (Å²) in [6.07, 6.45) is 5.56. The summed E-state index contributed by atoms with van der Waals surface area (Å²) in [5.74, 6) is 1.62. The van der Waals surface area contributed by atoms with Crippen molar-refractivity contribution in [3.63, 3.8) is 0 Å². The molecular formula is C3HOY-. The number of hydrogen-bond acceptors (Lipinski definition) is 1. The van der Waals surface area contributed by atoms with Gasteiger partial charge in [0.2, 0.25) is 0 Å². The van der Waals surface area contributed by atoms with Crippen LogP contribution in [0.3, 0.4) is 0 Å². The second kappa shape index (κ2) is 8.84. The molecule has 2 heteroatoms. The van der Waals surface area contributed by atoms with Crippen LogP contribution in [0.15, 0.2) is 0 Å². The van der Waals surface area contributed by atoms with Crippen molar-refractivity contribution in [2.45, 2.75) is 0 Å². The molecule has 0 atom stereocenters. The molecule has 23 valence electrons. The van der Waals surface area contributed by atoms with E-state index in [1.54, 1.807) is 5.92 Å². The van der Waals surface area contributed by atoms with E-state index in [1.165, 1.54) is 6.29 Å². The average molecular weight is 142 g/mol. The largest absolute Gasteiger partial charge is 0.409 e. The van der Waals surface area contributed by atoms with E-state index < -0.39 is 0 Å². The first kappa shape index (κ1) is 9.01. The molecule has 0 saturated carbocycles. The van der Waals surface area contributed by atoms with E-state index in [-0.39, 0.29) is 32.7 Å². The van der Waals surface area contributed by atoms with E-state index in [4.69, 9.17) is 4.79 Å². The Kier molecular flexibility index (Phi) is 15.9. The summed E-state index contributed by atoms with van der Waals surface area (Å²) in [6.45, 7) is 0. The Morgan fingerprint density at radius 3 is 2.00 bits per heavy atom. The van der Waals surface area contributed by atoms with Crippen molar-refractivity contribution in [3.8, 4) is 12.3 Å². The standard InChI is InChI=1S/C3HO.Y/c1-2-3-4;/h1H;/q-1;. The summed E-state index contributed by atoms with van der Waals surface area (Å²) >= 11 is 0. The fourth-order valence-corrected chi connectivity index (χ4v) is 0. The van der Waals surface area contributed by atoms with Gasteiger partial charge in [-0.25, -0.2) is 0 Å². The fourth-order valence-electron chi connectivity index (χ4n) is 0. The van der Waals surface area contributed by atoms with E-state index in [2.05, 4.69) is 6.42 Å². The van der Waals surface area contributed by atoms with Crippen LogP contribution in [0.25, 0.3) is 0 Å². The van der Waals surface area contributed by atoms with Crippen LogP contribution in [0.5, 0.6) is 0 Å². The number of hydrogen-bond donors (Lipinski definition) is 0. The van der Waals surface area contributed by atoms with E-state index in [0.717, 1.165) is 0 Å². The topological polar surface area (TPSA) is 17.1 Å². The van der Waals surface area contributed by atoms with E-state index >= 15 is 0 Å². The van der Waals surface area contributed by atoms with Crippen molar-refractivity contribution in [1.82, 2.24) is 0 Å². The van der Waals surface area contributed by atoms with Gasteiger partial charge < -0.3 is 11.2 Å². The molecule has 0 bridgehead atoms. The van der Waals surface area contributed by atoms with Crippen LogP contribution in [0.2, 0.25) is 0 Å². The maximum atomic E-state index is 8.81. The minimum absolute atomic E-state index is 0. The van der Waals surface area contributed by atoms with Crippen molar-refractivity contribution in [1.29, 1.82) is 0 Å². The van der Waals surface area contributed by atoms with Gasteiger partial charge in [-0.15, -0.1) is 0 Å². The zero-order valence-corrected chi connectivity index (χ0v) is 5.40. The number of terminal acetylenes is 1. The smallest absolute Gasteiger partial charge is 0.0395 e. The summed E-state index contributed by atoms with van der Waals surface area (Å²) < 4.78 is 0. The van der Waals surface area contributed by atoms with Gasteiger partial charge in [0.1, 0.15) is 0 Å². The first-order valence-electron chi connectivity index (χ1n) is 0.743. The molecule has 0 aliphatic carbocycles. The maximum absolute atomic E-state index is 8.81. The molecule has 0 aliphatic heterocycles. The van der Waals surface area contributed by atoms with Crippen LogP contribution in [-0.2, 0) is 37.5 Å². The Morgan fingerprint density at radius 2 is 2.00 bits per heavy atom. The Balaban J connectivity index is 0. The van der Waals surface area contributed by atoms with Crippen LogP contribution in [0.1, 0.15) is 0 Å². The van der Waals surface area contributed by atoms with E-state index in [9.17, 15) is 0 Å². The number of carbonyl (C=O) groups excluding carboxylic acids is 1. The molecule has 0 amide bonds. The Bertz CT molecular complexity index is 52.4. The van der Waals surface area contributed by atoms with Crippen molar-refractivity contribution in [3.05, 3.63) is 0 Å². The summed E-state index contributed by atoms with van der Waals surface area (Å²) in [7, 11) is 0. The predicted molar refractivity (Wildman–Crippen MR) is 14.5 cm³/mol. The summed E-state index contributed by atoms with van der Waals surface area (Å²) in [4.78, 5) is 8.81. The Labute approximate surface area is 56.0 Å². The minimum Gasteiger partial charge on any atom is -0.409 e. The molecule has 0 aromatic heterocycles. The second-order valence-corrected chi connectivity index (χ2v) is 0.246. The molecule has 5 heavy (non-hydrogen) atoms. The van der Waals surface area contributed by atoms with Crippen molar-refractivity contribution < 1.29 is 37.5 Å². The SMILES string of the molecule is C#C[C-]=O.[Y]. The van der Waals surface area contributed by atoms with Gasteiger partial charge >= 0.3 is 0 Å². The molecular weight excluding hydrogens is 141 g/mol. The third kappa shape index (κ3) is 13.3. The second-order valence-electron chi connectivity index (χ2n) is 0.246. The van der Waals surface area contributed by atoms with Crippen LogP contribution in [-0.4, -0.2) is 6.29 Å². The molecule has 0 unspecified atom stereocenters. The van der Waals surface area contributed by atoms with Crippen LogP contribution in [0.4, 0.5) is 0 Å². The third-order valence-corrected chi connectivity index (χ3v) is 0.0589. The van der Waals surface area contributed by atoms with Gasteiger partial charge in [-0.05, 0) is 0 Å². The molecule has 0 N–H and O–H groups in total. The first-order chi connectivity index (χ1) is 1.91. The van der Waals surface area contributed by atoms with Crippen molar-refractivity contribution >= 4 is 6.29 Å². The zero-order valence-electron chi connectivity index (χ0n) is 2.56. The predicted octanol–water partition coefficient (Wildman–Crippen LogP) is -0.273. The molecule has 0 aromatic carbocycles. The minimum atomic E-state index is 0. The van der Waals surface area contributed by atoms with E-state index in [1.807, 2.05) is 0 Å². The molecule has 0 fully saturated rings. The summed E-state index contributed by atoms with van der Waals surface area (Å²) in [6, 6.07) is 0. The Hall–Kier alpha value is 0.334. The monoisotopic (exact) mass is 142 g/mol. The van der Waals surface area contributed by atoms with Crippen LogP contribution >= 0.6 is 0 Å². The normalized spacial score (nSPS) is 3.00. The molecule has 0 rings (SSSR count). The average Bonchev–Trinajstić information content (AvgIpc) is 1.37. The summed E-state index contributed by atoms with van der Waals surface area (Å²) in [5, 5.41) is 0. The van der Waals surface area contributed by atoms with E-state index in [0.29, 0.717) is 0 Å². The summed E-state index contributed by atoms with van der Waals surface area (Å²) in [5.41, 5.74) is 0. The van der Waals surface area contributed by atoms with Gasteiger partial charge in [0.15, 0.2) is 0 Å². The fraction of sp³-hybridized carbons (Fsp3) is 0. The number of rotatable bonds is 0. The molecule has 0 heterocycles. The third-order valence-electron chi connectivity index (χ3n) is 0.0589. The van der Waals surface area contributed by atoms with Gasteiger partial charge in [-0.1, -0.05) is 0 Å².